The molecule has 4 aliphatic rings. The number of hydrogen-bond acceptors (Lipinski definition) is 3. The smallest absolute Gasteiger partial charge is 0.261 e. The molecule has 26 heavy (non-hydrogen) atoms. The molecule has 0 heterocycles. The van der Waals surface area contributed by atoms with Crippen molar-refractivity contribution in [2.75, 3.05) is 6.61 Å². The molecular weight excluding hydrogens is 324 g/mol. The fourth-order valence-electron chi connectivity index (χ4n) is 5.76. The summed E-state index contributed by atoms with van der Waals surface area (Å²) in [6.45, 7) is 4.35. The normalized spacial score (nSPS) is 32.3. The van der Waals surface area contributed by atoms with Gasteiger partial charge < -0.3 is 10.2 Å². The molecule has 0 aromatic heterocycles. The molecule has 0 saturated heterocycles. The van der Waals surface area contributed by atoms with Crippen molar-refractivity contribution in [3.05, 3.63) is 35.4 Å². The van der Waals surface area contributed by atoms with Gasteiger partial charge in [0.15, 0.2) is 6.61 Å². The Morgan fingerprint density at radius 2 is 1.73 bits per heavy atom. The first-order chi connectivity index (χ1) is 12.5. The average molecular weight is 354 g/mol. The van der Waals surface area contributed by atoms with Gasteiger partial charge >= 0.3 is 0 Å². The maximum Gasteiger partial charge on any atom is 0.261 e. The molecule has 0 radical (unpaired) electrons. The van der Waals surface area contributed by atoms with Crippen LogP contribution in [0.2, 0.25) is 0 Å². The van der Waals surface area contributed by atoms with Crippen LogP contribution >= 0.6 is 0 Å². The van der Waals surface area contributed by atoms with E-state index in [-0.39, 0.29) is 18.1 Å². The van der Waals surface area contributed by atoms with E-state index in [1.807, 2.05) is 12.1 Å². The van der Waals surface area contributed by atoms with Crippen molar-refractivity contribution >= 4 is 12.1 Å². The highest BCUT2D eigenvalue weighted by molar-refractivity contribution is 5.80. The van der Waals surface area contributed by atoms with Crippen LogP contribution in [0, 0.1) is 17.8 Å². The van der Waals surface area contributed by atoms with Gasteiger partial charge in [0.25, 0.3) is 5.91 Å². The molecule has 0 unspecified atom stereocenters. The fraction of sp³-hybridized carbons (Fsp3) is 0.636. The molecule has 5 rings (SSSR count). The summed E-state index contributed by atoms with van der Waals surface area (Å²) >= 11 is 0. The van der Waals surface area contributed by atoms with Crippen LogP contribution in [0.3, 0.4) is 0 Å². The first-order valence-electron chi connectivity index (χ1n) is 10.1. The van der Waals surface area contributed by atoms with E-state index in [4.69, 9.17) is 4.84 Å². The van der Waals surface area contributed by atoms with Gasteiger partial charge in [0.1, 0.15) is 0 Å². The topological polar surface area (TPSA) is 50.7 Å². The molecule has 0 aliphatic heterocycles. The Kier molecular flexibility index (Phi) is 4.76. The monoisotopic (exact) mass is 354 g/mol. The van der Waals surface area contributed by atoms with Crippen molar-refractivity contribution in [1.82, 2.24) is 5.32 Å². The van der Waals surface area contributed by atoms with E-state index < -0.39 is 0 Å². The van der Waals surface area contributed by atoms with Crippen LogP contribution in [0.5, 0.6) is 0 Å². The van der Waals surface area contributed by atoms with Crippen molar-refractivity contribution in [3.63, 3.8) is 0 Å². The lowest BCUT2D eigenvalue weighted by molar-refractivity contribution is -0.131. The van der Waals surface area contributed by atoms with Gasteiger partial charge in [-0.15, -0.1) is 0 Å². The number of carbonyl (C=O) groups is 1. The molecular formula is C22H30N2O2. The third-order valence-corrected chi connectivity index (χ3v) is 6.52. The van der Waals surface area contributed by atoms with Crippen LogP contribution in [0.15, 0.2) is 29.4 Å². The zero-order valence-electron chi connectivity index (χ0n) is 15.9. The Morgan fingerprint density at radius 3 is 2.27 bits per heavy atom. The molecule has 0 spiro atoms. The Labute approximate surface area is 156 Å². The van der Waals surface area contributed by atoms with E-state index in [2.05, 4.69) is 36.5 Å². The second kappa shape index (κ2) is 7.05. The molecule has 140 valence electrons. The molecule has 1 aromatic carbocycles. The fourth-order valence-corrected chi connectivity index (χ4v) is 5.76. The van der Waals surface area contributed by atoms with Gasteiger partial charge in [-0.1, -0.05) is 43.3 Å². The highest BCUT2D eigenvalue weighted by atomic mass is 16.6. The summed E-state index contributed by atoms with van der Waals surface area (Å²) in [4.78, 5) is 17.6. The van der Waals surface area contributed by atoms with E-state index in [0.717, 1.165) is 42.6 Å². The lowest BCUT2D eigenvalue weighted by Crippen LogP contribution is -2.60. The molecule has 4 nitrogen and oxygen atoms in total. The van der Waals surface area contributed by atoms with Crippen LogP contribution in [-0.4, -0.2) is 24.3 Å². The molecule has 0 atom stereocenters. The van der Waals surface area contributed by atoms with Crippen molar-refractivity contribution in [3.8, 4) is 0 Å². The number of hydrogen-bond donors (Lipinski definition) is 1. The standard InChI is InChI=1S/C22H30N2O2/c1-15(2)20-5-3-16(4-6-20)13-23-26-14-21(25)24-22-10-17-7-18(11-22)9-19(8-17)12-22/h3-6,13,15,17-19H,7-12,14H2,1-2H3,(H,24,25)/b23-13-. The van der Waals surface area contributed by atoms with Gasteiger partial charge in [-0.05, 0) is 73.3 Å². The van der Waals surface area contributed by atoms with Gasteiger partial charge in [0, 0.05) is 5.54 Å². The number of carbonyl (C=O) groups excluding carboxylic acids is 1. The lowest BCUT2D eigenvalue weighted by atomic mass is 9.53. The third-order valence-electron chi connectivity index (χ3n) is 6.52. The molecule has 4 aliphatic carbocycles. The molecule has 4 saturated carbocycles. The zero-order valence-corrected chi connectivity index (χ0v) is 15.9. The molecule has 1 N–H and O–H groups in total. The zero-order chi connectivity index (χ0) is 18.1. The largest absolute Gasteiger partial charge is 0.386 e. The van der Waals surface area contributed by atoms with Gasteiger partial charge in [0.05, 0.1) is 6.21 Å². The first kappa shape index (κ1) is 17.6. The minimum Gasteiger partial charge on any atom is -0.386 e. The van der Waals surface area contributed by atoms with E-state index >= 15 is 0 Å². The number of nitrogens with zero attached hydrogens (tertiary/aromatic N) is 1. The van der Waals surface area contributed by atoms with E-state index in [9.17, 15) is 4.79 Å². The quantitative estimate of drug-likeness (QED) is 0.613. The van der Waals surface area contributed by atoms with Gasteiger partial charge in [-0.3, -0.25) is 4.79 Å². The Morgan fingerprint density at radius 1 is 1.15 bits per heavy atom. The number of benzene rings is 1. The van der Waals surface area contributed by atoms with Crippen LogP contribution in [0.1, 0.15) is 69.4 Å². The third kappa shape index (κ3) is 3.79. The number of nitrogens with one attached hydrogen (secondary N) is 1. The summed E-state index contributed by atoms with van der Waals surface area (Å²) in [5, 5.41) is 7.27. The molecule has 1 aromatic rings. The van der Waals surface area contributed by atoms with Crippen molar-refractivity contribution in [2.24, 2.45) is 22.9 Å². The molecule has 4 heteroatoms. The number of oxime groups is 1. The summed E-state index contributed by atoms with van der Waals surface area (Å²) in [5.74, 6) is 2.97. The minimum absolute atomic E-state index is 0.00231. The van der Waals surface area contributed by atoms with Crippen LogP contribution < -0.4 is 5.32 Å². The predicted molar refractivity (Wildman–Crippen MR) is 103 cm³/mol. The van der Waals surface area contributed by atoms with E-state index in [1.54, 1.807) is 6.21 Å². The Balaban J connectivity index is 1.25. The minimum atomic E-state index is -0.0285. The second-order valence-electron chi connectivity index (χ2n) is 9.08. The summed E-state index contributed by atoms with van der Waals surface area (Å²) < 4.78 is 0. The second-order valence-corrected chi connectivity index (χ2v) is 9.08. The van der Waals surface area contributed by atoms with Crippen molar-refractivity contribution in [2.45, 2.75) is 63.8 Å². The van der Waals surface area contributed by atoms with Crippen LogP contribution in [0.4, 0.5) is 0 Å². The first-order valence-corrected chi connectivity index (χ1v) is 10.1. The van der Waals surface area contributed by atoms with Gasteiger partial charge in [0.2, 0.25) is 0 Å². The number of amides is 1. The summed E-state index contributed by atoms with van der Waals surface area (Å²) in [6, 6.07) is 8.26. The SMILES string of the molecule is CC(C)c1ccc(/C=N\OCC(=O)NC23CC4CC(CC(C4)C2)C3)cc1. The molecule has 4 fully saturated rings. The van der Waals surface area contributed by atoms with Crippen molar-refractivity contribution < 1.29 is 9.63 Å². The summed E-state index contributed by atoms with van der Waals surface area (Å²) in [7, 11) is 0. The molecule has 4 bridgehead atoms. The van der Waals surface area contributed by atoms with Crippen molar-refractivity contribution in [1.29, 1.82) is 0 Å². The summed E-state index contributed by atoms with van der Waals surface area (Å²) in [5.41, 5.74) is 2.33. The maximum absolute atomic E-state index is 12.3. The number of rotatable bonds is 6. The summed E-state index contributed by atoms with van der Waals surface area (Å²) in [6.07, 6.45) is 9.30. The highest BCUT2D eigenvalue weighted by Gasteiger charge is 2.51. The lowest BCUT2D eigenvalue weighted by Gasteiger charge is -2.56. The van der Waals surface area contributed by atoms with Crippen LogP contribution in [-0.2, 0) is 9.63 Å². The van der Waals surface area contributed by atoms with Gasteiger partial charge in [-0.25, -0.2) is 0 Å². The highest BCUT2D eigenvalue weighted by Crippen LogP contribution is 2.55. The van der Waals surface area contributed by atoms with E-state index in [0.29, 0.717) is 5.92 Å². The average Bonchev–Trinajstić information content (AvgIpc) is 2.57. The van der Waals surface area contributed by atoms with Gasteiger partial charge in [-0.2, -0.15) is 0 Å². The Hall–Kier alpha value is -1.84. The van der Waals surface area contributed by atoms with E-state index in [1.165, 1.54) is 24.8 Å². The predicted octanol–water partition coefficient (Wildman–Crippen LogP) is 4.25. The molecule has 1 amide bonds. The Bertz CT molecular complexity index is 643. The van der Waals surface area contributed by atoms with Crippen LogP contribution in [0.25, 0.3) is 0 Å². The maximum atomic E-state index is 12.3.